The van der Waals surface area contributed by atoms with Crippen molar-refractivity contribution in [1.29, 1.82) is 0 Å². The summed E-state index contributed by atoms with van der Waals surface area (Å²) in [6, 6.07) is 24.2. The largest absolute Gasteiger partial charge is 0.448 e. The molecule has 0 aliphatic rings. The second-order valence-corrected chi connectivity index (χ2v) is 11.0. The first-order chi connectivity index (χ1) is 18.7. The summed E-state index contributed by atoms with van der Waals surface area (Å²) in [5.41, 5.74) is 7.71. The van der Waals surface area contributed by atoms with Crippen LogP contribution in [0.5, 0.6) is 0 Å². The Morgan fingerprint density at radius 2 is 1.67 bits per heavy atom. The van der Waals surface area contributed by atoms with E-state index < -0.39 is 16.1 Å². The first-order valence-electron chi connectivity index (χ1n) is 12.5. The fourth-order valence-electron chi connectivity index (χ4n) is 4.50. The molecule has 8 nitrogen and oxygen atoms in total. The van der Waals surface area contributed by atoms with E-state index >= 15 is 0 Å². The Balaban J connectivity index is 1.23. The van der Waals surface area contributed by atoms with Crippen LogP contribution >= 0.6 is 0 Å². The molecule has 0 fully saturated rings. The van der Waals surface area contributed by atoms with Crippen LogP contribution in [0.25, 0.3) is 27.7 Å². The third kappa shape index (κ3) is 5.68. The van der Waals surface area contributed by atoms with E-state index in [1.165, 1.54) is 12.1 Å². The zero-order valence-electron chi connectivity index (χ0n) is 21.9. The summed E-state index contributed by atoms with van der Waals surface area (Å²) in [6.07, 6.45) is 1.31. The van der Waals surface area contributed by atoms with Crippen molar-refractivity contribution in [1.82, 2.24) is 19.5 Å². The smallest absolute Gasteiger partial charge is 0.421 e. The highest BCUT2D eigenvalue weighted by Gasteiger charge is 2.18. The predicted octanol–water partition coefficient (Wildman–Crippen LogP) is 5.67. The summed E-state index contributed by atoms with van der Waals surface area (Å²) >= 11 is 0. The van der Waals surface area contributed by atoms with Crippen LogP contribution in [0.3, 0.4) is 0 Å². The first-order valence-corrected chi connectivity index (χ1v) is 14.0. The number of carbonyl (C=O) groups is 1. The molecule has 0 unspecified atom stereocenters. The number of pyridine rings is 1. The van der Waals surface area contributed by atoms with Gasteiger partial charge in [-0.15, -0.1) is 0 Å². The fraction of sp³-hybridized carbons (Fsp3) is 0.167. The second kappa shape index (κ2) is 10.7. The zero-order chi connectivity index (χ0) is 27.6. The molecule has 5 aromatic rings. The summed E-state index contributed by atoms with van der Waals surface area (Å²) in [5.74, 6) is 0. The Kier molecular flexibility index (Phi) is 7.17. The molecule has 1 amide bonds. The summed E-state index contributed by atoms with van der Waals surface area (Å²) in [4.78, 5) is 16.7. The molecule has 2 aromatic heterocycles. The van der Waals surface area contributed by atoms with Gasteiger partial charge in [-0.25, -0.2) is 22.6 Å². The van der Waals surface area contributed by atoms with E-state index in [0.717, 1.165) is 50.2 Å². The average Bonchev–Trinajstić information content (AvgIpc) is 3.22. The number of aromatic nitrogens is 3. The molecule has 0 saturated heterocycles. The van der Waals surface area contributed by atoms with Gasteiger partial charge in [0.25, 0.3) is 10.0 Å². The third-order valence-corrected chi connectivity index (χ3v) is 7.85. The lowest BCUT2D eigenvalue weighted by Crippen LogP contribution is -2.31. The topological polar surface area (TPSA) is 103 Å². The van der Waals surface area contributed by atoms with Gasteiger partial charge < -0.3 is 4.74 Å². The number of hydrogen-bond donors (Lipinski definition) is 1. The standard InChI is InChI=1S/C30H28N4O4S/c1-20-8-14-27(15-9-20)39(36,37)33-30(35)38-17-16-23-10-12-26(13-11-23)34-22(3)29(21(2)32-34)25-18-24-6-4-5-7-28(24)31-19-25/h4-15,18-19H,16-17H2,1-3H3,(H,33,35). The lowest BCUT2D eigenvalue weighted by Gasteiger charge is -2.09. The van der Waals surface area contributed by atoms with Crippen molar-refractivity contribution in [3.63, 3.8) is 0 Å². The van der Waals surface area contributed by atoms with Gasteiger partial charge in [0, 0.05) is 34.8 Å². The van der Waals surface area contributed by atoms with E-state index in [4.69, 9.17) is 9.84 Å². The van der Waals surface area contributed by atoms with Gasteiger partial charge in [-0.05, 0) is 62.7 Å². The third-order valence-electron chi connectivity index (χ3n) is 6.52. The van der Waals surface area contributed by atoms with E-state index in [1.54, 1.807) is 12.1 Å². The molecule has 2 heterocycles. The minimum Gasteiger partial charge on any atom is -0.448 e. The molecule has 0 aliphatic carbocycles. The highest BCUT2D eigenvalue weighted by atomic mass is 32.2. The van der Waals surface area contributed by atoms with E-state index in [1.807, 2.05) is 78.8 Å². The number of para-hydroxylation sites is 1. The van der Waals surface area contributed by atoms with Crippen LogP contribution in [0.2, 0.25) is 0 Å². The maximum absolute atomic E-state index is 12.3. The number of nitrogens with one attached hydrogen (secondary N) is 1. The Bertz CT molecular complexity index is 1760. The van der Waals surface area contributed by atoms with Crippen molar-refractivity contribution in [3.8, 4) is 16.8 Å². The predicted molar refractivity (Wildman–Crippen MR) is 150 cm³/mol. The monoisotopic (exact) mass is 540 g/mol. The van der Waals surface area contributed by atoms with Crippen LogP contribution < -0.4 is 4.72 Å². The van der Waals surface area contributed by atoms with Gasteiger partial charge in [-0.2, -0.15) is 5.10 Å². The Hall–Kier alpha value is -4.50. The van der Waals surface area contributed by atoms with Crippen LogP contribution in [0.1, 0.15) is 22.5 Å². The maximum Gasteiger partial charge on any atom is 0.421 e. The van der Waals surface area contributed by atoms with Crippen molar-refractivity contribution >= 4 is 27.0 Å². The van der Waals surface area contributed by atoms with Gasteiger partial charge in [-0.3, -0.25) is 4.98 Å². The fourth-order valence-corrected chi connectivity index (χ4v) is 5.39. The summed E-state index contributed by atoms with van der Waals surface area (Å²) < 4.78 is 33.6. The molecule has 0 saturated carbocycles. The lowest BCUT2D eigenvalue weighted by molar-refractivity contribution is 0.154. The summed E-state index contributed by atoms with van der Waals surface area (Å²) in [7, 11) is -3.98. The summed E-state index contributed by atoms with van der Waals surface area (Å²) in [5, 5.41) is 5.85. The Labute approximate surface area is 227 Å². The number of fused-ring (bicyclic) bond motifs is 1. The molecule has 3 aromatic carbocycles. The lowest BCUT2D eigenvalue weighted by atomic mass is 10.0. The normalized spacial score (nSPS) is 11.5. The van der Waals surface area contributed by atoms with E-state index in [0.29, 0.717) is 6.42 Å². The van der Waals surface area contributed by atoms with Gasteiger partial charge in [0.05, 0.1) is 28.4 Å². The van der Waals surface area contributed by atoms with Crippen molar-refractivity contribution in [2.45, 2.75) is 32.1 Å². The number of rotatable bonds is 7. The van der Waals surface area contributed by atoms with E-state index in [-0.39, 0.29) is 11.5 Å². The minimum atomic E-state index is -3.98. The SMILES string of the molecule is Cc1ccc(S(=O)(=O)NC(=O)OCCc2ccc(-n3nc(C)c(-c4cnc5ccccc5c4)c3C)cc2)cc1. The Morgan fingerprint density at radius 3 is 2.41 bits per heavy atom. The summed E-state index contributed by atoms with van der Waals surface area (Å²) in [6.45, 7) is 5.91. The van der Waals surface area contributed by atoms with Crippen LogP contribution in [-0.2, 0) is 21.2 Å². The molecule has 0 atom stereocenters. The van der Waals surface area contributed by atoms with Crippen LogP contribution in [-0.4, -0.2) is 35.9 Å². The number of sulfonamides is 1. The van der Waals surface area contributed by atoms with Crippen LogP contribution in [0.15, 0.2) is 90.0 Å². The van der Waals surface area contributed by atoms with E-state index in [2.05, 4.69) is 17.1 Å². The number of nitrogens with zero attached hydrogens (tertiary/aromatic N) is 3. The van der Waals surface area contributed by atoms with Gasteiger partial charge in [0.1, 0.15) is 0 Å². The molecule has 0 radical (unpaired) electrons. The maximum atomic E-state index is 12.3. The number of aryl methyl sites for hydroxylation is 2. The highest BCUT2D eigenvalue weighted by molar-refractivity contribution is 7.90. The second-order valence-electron chi connectivity index (χ2n) is 9.35. The highest BCUT2D eigenvalue weighted by Crippen LogP contribution is 2.30. The van der Waals surface area contributed by atoms with E-state index in [9.17, 15) is 13.2 Å². The van der Waals surface area contributed by atoms with Gasteiger partial charge in [0.15, 0.2) is 0 Å². The van der Waals surface area contributed by atoms with Crippen molar-refractivity contribution < 1.29 is 17.9 Å². The molecular weight excluding hydrogens is 512 g/mol. The zero-order valence-corrected chi connectivity index (χ0v) is 22.7. The molecule has 5 rings (SSSR count). The van der Waals surface area contributed by atoms with Crippen LogP contribution in [0.4, 0.5) is 4.79 Å². The van der Waals surface area contributed by atoms with Gasteiger partial charge in [-0.1, -0.05) is 48.0 Å². The van der Waals surface area contributed by atoms with Gasteiger partial charge in [0.2, 0.25) is 0 Å². The molecular formula is C30H28N4O4S. The number of carbonyl (C=O) groups excluding carboxylic acids is 1. The molecule has 198 valence electrons. The number of benzene rings is 3. The first kappa shape index (κ1) is 26.1. The molecule has 9 heteroatoms. The molecule has 1 N–H and O–H groups in total. The van der Waals surface area contributed by atoms with Gasteiger partial charge >= 0.3 is 6.09 Å². The Morgan fingerprint density at radius 1 is 0.949 bits per heavy atom. The van der Waals surface area contributed by atoms with Crippen molar-refractivity contribution in [3.05, 3.63) is 108 Å². The molecule has 0 aliphatic heterocycles. The average molecular weight is 541 g/mol. The number of amides is 1. The van der Waals surface area contributed by atoms with Crippen LogP contribution in [0, 0.1) is 20.8 Å². The van der Waals surface area contributed by atoms with Crippen molar-refractivity contribution in [2.75, 3.05) is 6.61 Å². The quantitative estimate of drug-likeness (QED) is 0.285. The molecule has 0 spiro atoms. The van der Waals surface area contributed by atoms with Crippen molar-refractivity contribution in [2.24, 2.45) is 0 Å². The molecule has 39 heavy (non-hydrogen) atoms. The number of hydrogen-bond acceptors (Lipinski definition) is 6. The molecule has 0 bridgehead atoms. The minimum absolute atomic E-state index is 0.00447. The number of ether oxygens (including phenoxy) is 1.